The topological polar surface area (TPSA) is 24.7 Å². The predicted octanol–water partition coefficient (Wildman–Crippen LogP) is 8.13. The molecule has 3 aromatic rings. The predicted molar refractivity (Wildman–Crippen MR) is 138 cm³/mol. The van der Waals surface area contributed by atoms with Crippen LogP contribution in [-0.2, 0) is 11.3 Å². The first kappa shape index (κ1) is 23.2. The lowest BCUT2D eigenvalue weighted by atomic mass is 9.63. The maximum atomic E-state index is 13.5. The molecule has 1 saturated carbocycles. The first-order valence-corrected chi connectivity index (χ1v) is 12.5. The fraction of sp³-hybridized carbons (Fsp3) is 0.286. The van der Waals surface area contributed by atoms with Gasteiger partial charge in [0.25, 0.3) is 0 Å². The van der Waals surface area contributed by atoms with Crippen molar-refractivity contribution in [2.45, 2.75) is 31.2 Å². The summed E-state index contributed by atoms with van der Waals surface area (Å²) < 4.78 is 0. The summed E-state index contributed by atoms with van der Waals surface area (Å²) in [5.74, 6) is 0.733. The van der Waals surface area contributed by atoms with Crippen LogP contribution in [0.1, 0.15) is 41.4 Å². The smallest absolute Gasteiger partial charge is 0.226 e. The zero-order chi connectivity index (χ0) is 23.8. The standard InChI is InChI=1S/C28H23Cl3N2O/c1-32-21-9-2-17(3-10-21)15-33-16-25-24(28(33)34)13-12-23(22-11-8-20(30)14-26(22)31)27(25)18-4-6-19(29)7-5-18/h2-11,14,23-25,27H,12-13,15-16H2/t23-,24+,25+,27-/m0/s1. The van der Waals surface area contributed by atoms with Crippen LogP contribution in [0, 0.1) is 18.4 Å². The van der Waals surface area contributed by atoms with Crippen molar-refractivity contribution in [3.8, 4) is 0 Å². The molecule has 1 amide bonds. The number of amides is 1. The average Bonchev–Trinajstić information content (AvgIpc) is 3.15. The Labute approximate surface area is 215 Å². The molecule has 1 saturated heterocycles. The van der Waals surface area contributed by atoms with Crippen LogP contribution in [0.25, 0.3) is 4.85 Å². The summed E-state index contributed by atoms with van der Waals surface area (Å²) in [5, 5.41) is 2.00. The zero-order valence-corrected chi connectivity index (χ0v) is 20.7. The van der Waals surface area contributed by atoms with Gasteiger partial charge in [-0.3, -0.25) is 4.79 Å². The highest BCUT2D eigenvalue weighted by Crippen LogP contribution is 2.54. The molecule has 0 bridgehead atoms. The minimum atomic E-state index is -0.00878. The molecular formula is C28H23Cl3N2O. The molecule has 3 nitrogen and oxygen atoms in total. The van der Waals surface area contributed by atoms with Gasteiger partial charge in [-0.1, -0.05) is 77.3 Å². The van der Waals surface area contributed by atoms with E-state index in [0.29, 0.717) is 33.8 Å². The minimum absolute atomic E-state index is 0.00878. The van der Waals surface area contributed by atoms with Crippen molar-refractivity contribution in [2.75, 3.05) is 6.54 Å². The second kappa shape index (κ2) is 9.62. The van der Waals surface area contributed by atoms with Crippen LogP contribution in [0.3, 0.4) is 0 Å². The summed E-state index contributed by atoms with van der Waals surface area (Å²) in [6.45, 7) is 8.41. The summed E-state index contributed by atoms with van der Waals surface area (Å²) in [6.07, 6.45) is 1.72. The molecule has 2 fully saturated rings. The van der Waals surface area contributed by atoms with Crippen LogP contribution >= 0.6 is 34.8 Å². The molecule has 1 aliphatic heterocycles. The van der Waals surface area contributed by atoms with Gasteiger partial charge in [-0.15, -0.1) is 0 Å². The lowest BCUT2D eigenvalue weighted by Gasteiger charge is -2.40. The van der Waals surface area contributed by atoms with E-state index >= 15 is 0 Å². The molecule has 0 unspecified atom stereocenters. The Morgan fingerprint density at radius 2 is 1.56 bits per heavy atom. The van der Waals surface area contributed by atoms with Gasteiger partial charge in [0.1, 0.15) is 0 Å². The Hall–Kier alpha value is -2.51. The van der Waals surface area contributed by atoms with Crippen LogP contribution in [0.5, 0.6) is 0 Å². The molecule has 0 aromatic heterocycles. The fourth-order valence-corrected chi connectivity index (χ4v) is 6.46. The van der Waals surface area contributed by atoms with E-state index in [2.05, 4.69) is 17.0 Å². The molecule has 0 spiro atoms. The summed E-state index contributed by atoms with van der Waals surface area (Å²) >= 11 is 19.1. The van der Waals surface area contributed by atoms with Gasteiger partial charge in [0.05, 0.1) is 6.57 Å². The molecular weight excluding hydrogens is 487 g/mol. The molecule has 3 aromatic carbocycles. The number of carbonyl (C=O) groups excluding carboxylic acids is 1. The normalized spacial score (nSPS) is 24.1. The van der Waals surface area contributed by atoms with Crippen molar-refractivity contribution in [1.29, 1.82) is 0 Å². The second-order valence-corrected chi connectivity index (χ2v) is 10.5. The third-order valence-electron chi connectivity index (χ3n) is 7.32. The van der Waals surface area contributed by atoms with Crippen molar-refractivity contribution in [3.63, 3.8) is 0 Å². The van der Waals surface area contributed by atoms with E-state index in [4.69, 9.17) is 41.4 Å². The van der Waals surface area contributed by atoms with E-state index in [1.165, 1.54) is 5.56 Å². The van der Waals surface area contributed by atoms with Gasteiger partial charge < -0.3 is 4.90 Å². The summed E-state index contributed by atoms with van der Waals surface area (Å²) in [7, 11) is 0. The Morgan fingerprint density at radius 3 is 2.24 bits per heavy atom. The number of rotatable bonds is 4. The minimum Gasteiger partial charge on any atom is -0.338 e. The molecule has 4 atom stereocenters. The van der Waals surface area contributed by atoms with E-state index in [1.807, 2.05) is 59.5 Å². The van der Waals surface area contributed by atoms with Crippen molar-refractivity contribution < 1.29 is 4.79 Å². The van der Waals surface area contributed by atoms with E-state index in [0.717, 1.165) is 24.0 Å². The molecule has 0 N–H and O–H groups in total. The highest BCUT2D eigenvalue weighted by molar-refractivity contribution is 6.35. The van der Waals surface area contributed by atoms with Crippen molar-refractivity contribution >= 4 is 46.4 Å². The summed E-state index contributed by atoms with van der Waals surface area (Å²) in [6, 6.07) is 21.3. The second-order valence-electron chi connectivity index (χ2n) is 9.19. The number of halogens is 3. The largest absolute Gasteiger partial charge is 0.338 e. The quantitative estimate of drug-likeness (QED) is 0.326. The van der Waals surface area contributed by atoms with E-state index < -0.39 is 0 Å². The zero-order valence-electron chi connectivity index (χ0n) is 18.4. The molecule has 34 heavy (non-hydrogen) atoms. The molecule has 6 heteroatoms. The Kier molecular flexibility index (Phi) is 6.58. The number of likely N-dealkylation sites (tertiary alicyclic amines) is 1. The van der Waals surface area contributed by atoms with E-state index in [1.54, 1.807) is 0 Å². The Balaban J connectivity index is 1.48. The maximum Gasteiger partial charge on any atom is 0.226 e. The van der Waals surface area contributed by atoms with Crippen LogP contribution < -0.4 is 0 Å². The lowest BCUT2D eigenvalue weighted by Crippen LogP contribution is -2.32. The summed E-state index contributed by atoms with van der Waals surface area (Å²) in [5.41, 5.74) is 3.92. The average molecular weight is 510 g/mol. The van der Waals surface area contributed by atoms with Crippen molar-refractivity contribution in [1.82, 2.24) is 4.90 Å². The van der Waals surface area contributed by atoms with Gasteiger partial charge in [0, 0.05) is 34.1 Å². The highest BCUT2D eigenvalue weighted by Gasteiger charge is 2.50. The van der Waals surface area contributed by atoms with Gasteiger partial charge in [-0.2, -0.15) is 0 Å². The number of hydrogen-bond donors (Lipinski definition) is 0. The number of hydrogen-bond acceptors (Lipinski definition) is 1. The molecule has 1 heterocycles. The van der Waals surface area contributed by atoms with Crippen LogP contribution in [0.15, 0.2) is 66.7 Å². The fourth-order valence-electron chi connectivity index (χ4n) is 5.78. The number of benzene rings is 3. The first-order chi connectivity index (χ1) is 16.4. The van der Waals surface area contributed by atoms with Crippen molar-refractivity contribution in [2.24, 2.45) is 11.8 Å². The first-order valence-electron chi connectivity index (χ1n) is 11.4. The van der Waals surface area contributed by atoms with Gasteiger partial charge in [-0.25, -0.2) is 4.85 Å². The van der Waals surface area contributed by atoms with Gasteiger partial charge in [0.15, 0.2) is 5.69 Å². The number of carbonyl (C=O) groups is 1. The highest BCUT2D eigenvalue weighted by atomic mass is 35.5. The molecule has 172 valence electrons. The Bertz CT molecular complexity index is 1250. The SMILES string of the molecule is [C-]#[N+]c1ccc(CN2C[C@H]3[C@@H](c4ccc(Cl)cc4)[C@H](c4ccc(Cl)cc4Cl)CC[C@H]3C2=O)cc1. The van der Waals surface area contributed by atoms with Gasteiger partial charge in [-0.05, 0) is 71.6 Å². The molecule has 0 radical (unpaired) electrons. The van der Waals surface area contributed by atoms with Gasteiger partial charge in [0.2, 0.25) is 5.91 Å². The number of nitrogens with zero attached hydrogens (tertiary/aromatic N) is 2. The Morgan fingerprint density at radius 1 is 0.882 bits per heavy atom. The monoisotopic (exact) mass is 508 g/mol. The molecule has 1 aliphatic carbocycles. The maximum absolute atomic E-state index is 13.5. The van der Waals surface area contributed by atoms with Crippen LogP contribution in [-0.4, -0.2) is 17.4 Å². The molecule has 2 aliphatic rings. The van der Waals surface area contributed by atoms with Crippen molar-refractivity contribution in [3.05, 3.63) is 110 Å². The lowest BCUT2D eigenvalue weighted by molar-refractivity contribution is -0.132. The van der Waals surface area contributed by atoms with Crippen LogP contribution in [0.2, 0.25) is 15.1 Å². The third kappa shape index (κ3) is 4.43. The third-order valence-corrected chi connectivity index (χ3v) is 8.13. The van der Waals surface area contributed by atoms with E-state index in [9.17, 15) is 4.79 Å². The summed E-state index contributed by atoms with van der Waals surface area (Å²) in [4.78, 5) is 18.9. The van der Waals surface area contributed by atoms with Crippen LogP contribution in [0.4, 0.5) is 5.69 Å². The number of fused-ring (bicyclic) bond motifs is 1. The van der Waals surface area contributed by atoms with Gasteiger partial charge >= 0.3 is 0 Å². The van der Waals surface area contributed by atoms with E-state index in [-0.39, 0.29) is 29.6 Å². The molecule has 5 rings (SSSR count).